The maximum atomic E-state index is 10.9. The Morgan fingerprint density at radius 2 is 2.33 bits per heavy atom. The molecule has 1 N–H and O–H groups in total. The van der Waals surface area contributed by atoms with E-state index in [0.29, 0.717) is 23.8 Å². The third kappa shape index (κ3) is 2.60. The molecule has 1 heterocycles. The number of aromatic nitrogens is 1. The number of nitro groups is 1. The zero-order valence-corrected chi connectivity index (χ0v) is 10.3. The van der Waals surface area contributed by atoms with Gasteiger partial charge in [0.1, 0.15) is 17.0 Å². The van der Waals surface area contributed by atoms with Gasteiger partial charge < -0.3 is 9.73 Å². The first-order chi connectivity index (χ1) is 8.58. The van der Waals surface area contributed by atoms with E-state index in [2.05, 4.69) is 10.3 Å². The van der Waals surface area contributed by atoms with Gasteiger partial charge in [-0.15, -0.1) is 0 Å². The lowest BCUT2D eigenvalue weighted by Gasteiger charge is -2.05. The molecule has 0 aliphatic rings. The zero-order chi connectivity index (χ0) is 13.1. The molecule has 18 heavy (non-hydrogen) atoms. The number of halogens is 1. The van der Waals surface area contributed by atoms with E-state index in [-0.39, 0.29) is 10.7 Å². The minimum absolute atomic E-state index is 0.0985. The summed E-state index contributed by atoms with van der Waals surface area (Å²) in [6.07, 6.45) is 1.50. The molecule has 0 fully saturated rings. The van der Waals surface area contributed by atoms with E-state index in [4.69, 9.17) is 16.0 Å². The van der Waals surface area contributed by atoms with Gasteiger partial charge >= 0.3 is 5.69 Å². The number of hydrogen-bond donors (Lipinski definition) is 1. The Hall–Kier alpha value is -2.08. The van der Waals surface area contributed by atoms with Crippen LogP contribution in [0, 0.1) is 17.0 Å². The molecule has 1 aromatic carbocycles. The first-order valence-corrected chi connectivity index (χ1v) is 5.53. The number of anilines is 1. The molecule has 94 valence electrons. The lowest BCUT2D eigenvalue weighted by Crippen LogP contribution is -2.03. The Morgan fingerprint density at radius 1 is 1.56 bits per heavy atom. The molecule has 7 heteroatoms. The molecule has 0 radical (unpaired) electrons. The van der Waals surface area contributed by atoms with Gasteiger partial charge in [-0.3, -0.25) is 10.1 Å². The first kappa shape index (κ1) is 12.4. The fourth-order valence-corrected chi connectivity index (χ4v) is 1.76. The van der Waals surface area contributed by atoms with Crippen LogP contribution in [0.5, 0.6) is 0 Å². The summed E-state index contributed by atoms with van der Waals surface area (Å²) in [4.78, 5) is 14.5. The van der Waals surface area contributed by atoms with Crippen molar-refractivity contribution in [1.82, 2.24) is 4.98 Å². The molecule has 0 amide bonds. The number of rotatable bonds is 4. The van der Waals surface area contributed by atoms with Crippen molar-refractivity contribution in [1.29, 1.82) is 0 Å². The predicted molar refractivity (Wildman–Crippen MR) is 66.7 cm³/mol. The van der Waals surface area contributed by atoms with Crippen molar-refractivity contribution in [3.63, 3.8) is 0 Å². The Bertz CT molecular complexity index is 583. The summed E-state index contributed by atoms with van der Waals surface area (Å²) in [7, 11) is 0. The molecule has 0 aliphatic heterocycles. The summed E-state index contributed by atoms with van der Waals surface area (Å²) in [5.41, 5.74) is 0.884. The summed E-state index contributed by atoms with van der Waals surface area (Å²) in [5.74, 6) is 0.549. The van der Waals surface area contributed by atoms with Gasteiger partial charge in [0.25, 0.3) is 0 Å². The number of benzene rings is 1. The SMILES string of the molecule is Cc1nc(CNc2cccc(Cl)c2[N+](=O)[O-])co1. The fourth-order valence-electron chi connectivity index (χ4n) is 1.52. The average molecular weight is 268 g/mol. The van der Waals surface area contributed by atoms with E-state index in [1.165, 1.54) is 12.3 Å². The highest BCUT2D eigenvalue weighted by Gasteiger charge is 2.18. The zero-order valence-electron chi connectivity index (χ0n) is 9.51. The first-order valence-electron chi connectivity index (χ1n) is 5.15. The Morgan fingerprint density at radius 3 is 2.94 bits per heavy atom. The molecule has 1 aromatic heterocycles. The molecular weight excluding hydrogens is 258 g/mol. The van der Waals surface area contributed by atoms with Crippen molar-refractivity contribution in [3.8, 4) is 0 Å². The molecule has 0 saturated heterocycles. The van der Waals surface area contributed by atoms with E-state index >= 15 is 0 Å². The molecule has 0 atom stereocenters. The maximum Gasteiger partial charge on any atom is 0.310 e. The van der Waals surface area contributed by atoms with Crippen LogP contribution < -0.4 is 5.32 Å². The molecule has 2 aromatic rings. The second kappa shape index (κ2) is 5.05. The molecular formula is C11H10ClN3O3. The van der Waals surface area contributed by atoms with Gasteiger partial charge in [0.15, 0.2) is 5.89 Å². The minimum Gasteiger partial charge on any atom is -0.449 e. The topological polar surface area (TPSA) is 81.2 Å². The summed E-state index contributed by atoms with van der Waals surface area (Å²) < 4.78 is 5.04. The highest BCUT2D eigenvalue weighted by atomic mass is 35.5. The Labute approximate surface area is 108 Å². The van der Waals surface area contributed by atoms with Crippen LogP contribution in [0.25, 0.3) is 0 Å². The smallest absolute Gasteiger partial charge is 0.310 e. The van der Waals surface area contributed by atoms with Crippen molar-refractivity contribution in [2.24, 2.45) is 0 Å². The van der Waals surface area contributed by atoms with E-state index in [1.54, 1.807) is 19.1 Å². The normalized spacial score (nSPS) is 10.3. The van der Waals surface area contributed by atoms with Gasteiger partial charge in [-0.2, -0.15) is 0 Å². The standard InChI is InChI=1S/C11H10ClN3O3/c1-7-14-8(6-18-7)5-13-10-4-2-3-9(12)11(10)15(16)17/h2-4,6,13H,5H2,1H3. The monoisotopic (exact) mass is 267 g/mol. The van der Waals surface area contributed by atoms with Gasteiger partial charge in [0, 0.05) is 6.92 Å². The quantitative estimate of drug-likeness (QED) is 0.680. The molecule has 0 unspecified atom stereocenters. The van der Waals surface area contributed by atoms with Crippen LogP contribution in [0.15, 0.2) is 28.9 Å². The van der Waals surface area contributed by atoms with Crippen LogP contribution in [0.1, 0.15) is 11.6 Å². The van der Waals surface area contributed by atoms with Crippen molar-refractivity contribution < 1.29 is 9.34 Å². The van der Waals surface area contributed by atoms with Gasteiger partial charge in [-0.05, 0) is 12.1 Å². The van der Waals surface area contributed by atoms with Crippen molar-refractivity contribution >= 4 is 23.0 Å². The number of oxazole rings is 1. The molecule has 0 spiro atoms. The lowest BCUT2D eigenvalue weighted by atomic mass is 10.2. The molecule has 0 aliphatic carbocycles. The summed E-state index contributed by atoms with van der Waals surface area (Å²) in [5, 5.41) is 13.9. The number of nitrogens with zero attached hydrogens (tertiary/aromatic N) is 2. The van der Waals surface area contributed by atoms with Crippen molar-refractivity contribution in [2.45, 2.75) is 13.5 Å². The van der Waals surface area contributed by atoms with Crippen LogP contribution in [0.4, 0.5) is 11.4 Å². The maximum absolute atomic E-state index is 10.9. The third-order valence-electron chi connectivity index (χ3n) is 2.30. The number of nitro benzene ring substituents is 1. The third-order valence-corrected chi connectivity index (χ3v) is 2.60. The second-order valence-electron chi connectivity index (χ2n) is 3.60. The summed E-state index contributed by atoms with van der Waals surface area (Å²) in [6, 6.07) is 4.72. The predicted octanol–water partition coefficient (Wildman–Crippen LogP) is 3.16. The van der Waals surface area contributed by atoms with E-state index < -0.39 is 4.92 Å². The molecule has 6 nitrogen and oxygen atoms in total. The van der Waals surface area contributed by atoms with Crippen LogP contribution in [0.3, 0.4) is 0 Å². The molecule has 0 saturated carbocycles. The van der Waals surface area contributed by atoms with E-state index in [0.717, 1.165) is 0 Å². The molecule has 0 bridgehead atoms. The lowest BCUT2D eigenvalue weighted by molar-refractivity contribution is -0.383. The summed E-state index contributed by atoms with van der Waals surface area (Å²) in [6.45, 7) is 2.06. The number of hydrogen-bond acceptors (Lipinski definition) is 5. The average Bonchev–Trinajstić information content (AvgIpc) is 2.72. The fraction of sp³-hybridized carbons (Fsp3) is 0.182. The van der Waals surface area contributed by atoms with Crippen LogP contribution in [-0.4, -0.2) is 9.91 Å². The van der Waals surface area contributed by atoms with E-state index in [1.807, 2.05) is 0 Å². The van der Waals surface area contributed by atoms with Crippen LogP contribution in [0.2, 0.25) is 5.02 Å². The summed E-state index contributed by atoms with van der Waals surface area (Å²) >= 11 is 5.79. The van der Waals surface area contributed by atoms with Gasteiger partial charge in [-0.1, -0.05) is 17.7 Å². The van der Waals surface area contributed by atoms with Crippen LogP contribution in [-0.2, 0) is 6.54 Å². The van der Waals surface area contributed by atoms with E-state index in [9.17, 15) is 10.1 Å². The number of para-hydroxylation sites is 1. The Balaban J connectivity index is 2.19. The molecule has 2 rings (SSSR count). The van der Waals surface area contributed by atoms with Crippen molar-refractivity contribution in [3.05, 3.63) is 51.2 Å². The van der Waals surface area contributed by atoms with Crippen LogP contribution >= 0.6 is 11.6 Å². The van der Waals surface area contributed by atoms with Gasteiger partial charge in [-0.25, -0.2) is 4.98 Å². The van der Waals surface area contributed by atoms with Crippen molar-refractivity contribution in [2.75, 3.05) is 5.32 Å². The number of nitrogens with one attached hydrogen (secondary N) is 1. The minimum atomic E-state index is -0.515. The largest absolute Gasteiger partial charge is 0.449 e. The van der Waals surface area contributed by atoms with Gasteiger partial charge in [0.2, 0.25) is 0 Å². The second-order valence-corrected chi connectivity index (χ2v) is 4.01. The highest BCUT2D eigenvalue weighted by molar-refractivity contribution is 6.33. The number of aryl methyl sites for hydroxylation is 1. The highest BCUT2D eigenvalue weighted by Crippen LogP contribution is 2.32. The van der Waals surface area contributed by atoms with Gasteiger partial charge in [0.05, 0.1) is 17.2 Å². The Kier molecular flexibility index (Phi) is 3.47.